The van der Waals surface area contributed by atoms with Crippen LogP contribution in [0.25, 0.3) is 0 Å². The summed E-state index contributed by atoms with van der Waals surface area (Å²) in [6.07, 6.45) is 1.11. The van der Waals surface area contributed by atoms with E-state index < -0.39 is 0 Å². The van der Waals surface area contributed by atoms with Crippen molar-refractivity contribution in [2.75, 3.05) is 13.7 Å². The lowest BCUT2D eigenvalue weighted by atomic mass is 9.95. The maximum absolute atomic E-state index is 5.53. The molecular weight excluding hydrogens is 290 g/mol. The molecule has 1 aromatic rings. The lowest BCUT2D eigenvalue weighted by Gasteiger charge is -2.23. The number of aryl methyl sites for hydroxylation is 1. The molecule has 18 heavy (non-hydrogen) atoms. The third-order valence-corrected chi connectivity index (χ3v) is 3.90. The monoisotopic (exact) mass is 313 g/mol. The van der Waals surface area contributed by atoms with E-state index in [-0.39, 0.29) is 0 Å². The van der Waals surface area contributed by atoms with E-state index in [4.69, 9.17) is 4.74 Å². The average Bonchev–Trinajstić information content (AvgIpc) is 2.31. The van der Waals surface area contributed by atoms with Gasteiger partial charge in [0.05, 0.1) is 7.11 Å². The van der Waals surface area contributed by atoms with Crippen molar-refractivity contribution in [3.63, 3.8) is 0 Å². The summed E-state index contributed by atoms with van der Waals surface area (Å²) in [5.74, 6) is 1.63. The second kappa shape index (κ2) is 7.15. The molecule has 1 atom stereocenters. The van der Waals surface area contributed by atoms with Gasteiger partial charge in [0.2, 0.25) is 0 Å². The van der Waals surface area contributed by atoms with Gasteiger partial charge in [0.25, 0.3) is 0 Å². The Morgan fingerprint density at radius 3 is 2.50 bits per heavy atom. The first-order chi connectivity index (χ1) is 8.49. The molecular formula is C15H24BrNO. The summed E-state index contributed by atoms with van der Waals surface area (Å²) in [6, 6.07) is 4.63. The molecule has 1 N–H and O–H groups in total. The minimum Gasteiger partial charge on any atom is -0.496 e. The number of nitrogens with one attached hydrogen (secondary N) is 1. The summed E-state index contributed by atoms with van der Waals surface area (Å²) >= 11 is 3.61. The van der Waals surface area contributed by atoms with E-state index in [2.05, 4.69) is 61.1 Å². The Kier molecular flexibility index (Phi) is 6.16. The SMILES string of the molecule is CCNC(CC(C)C)c1cc(Br)c(C)cc1OC. The molecule has 0 saturated carbocycles. The lowest BCUT2D eigenvalue weighted by molar-refractivity contribution is 0.383. The van der Waals surface area contributed by atoms with Gasteiger partial charge in [0.15, 0.2) is 0 Å². The quantitative estimate of drug-likeness (QED) is 0.837. The molecule has 0 amide bonds. The second-order valence-corrected chi connectivity index (χ2v) is 5.94. The first-order valence-corrected chi connectivity index (χ1v) is 7.36. The molecule has 0 saturated heterocycles. The molecule has 0 aliphatic rings. The Balaban J connectivity index is 3.12. The zero-order valence-electron chi connectivity index (χ0n) is 12.0. The predicted octanol–water partition coefficient (Wildman–Crippen LogP) is 4.46. The number of hydrogen-bond acceptors (Lipinski definition) is 2. The Labute approximate surface area is 119 Å². The first-order valence-electron chi connectivity index (χ1n) is 6.57. The predicted molar refractivity (Wildman–Crippen MR) is 81.3 cm³/mol. The summed E-state index contributed by atoms with van der Waals surface area (Å²) in [5, 5.41) is 3.55. The summed E-state index contributed by atoms with van der Waals surface area (Å²) < 4.78 is 6.67. The molecule has 0 heterocycles. The molecule has 0 bridgehead atoms. The van der Waals surface area contributed by atoms with Gasteiger partial charge in [0.1, 0.15) is 5.75 Å². The number of rotatable bonds is 6. The zero-order chi connectivity index (χ0) is 13.7. The van der Waals surface area contributed by atoms with Crippen molar-refractivity contribution in [1.29, 1.82) is 0 Å². The van der Waals surface area contributed by atoms with E-state index in [1.165, 1.54) is 11.1 Å². The van der Waals surface area contributed by atoms with E-state index in [0.29, 0.717) is 12.0 Å². The van der Waals surface area contributed by atoms with Gasteiger partial charge in [-0.2, -0.15) is 0 Å². The fraction of sp³-hybridized carbons (Fsp3) is 0.600. The molecule has 0 spiro atoms. The highest BCUT2D eigenvalue weighted by atomic mass is 79.9. The smallest absolute Gasteiger partial charge is 0.123 e. The number of benzene rings is 1. The molecule has 1 rings (SSSR count). The van der Waals surface area contributed by atoms with Crippen molar-refractivity contribution < 1.29 is 4.74 Å². The third-order valence-electron chi connectivity index (χ3n) is 3.04. The van der Waals surface area contributed by atoms with Crippen molar-refractivity contribution in [2.24, 2.45) is 5.92 Å². The van der Waals surface area contributed by atoms with Crippen LogP contribution >= 0.6 is 15.9 Å². The van der Waals surface area contributed by atoms with Crippen LogP contribution in [0.15, 0.2) is 16.6 Å². The number of halogens is 1. The fourth-order valence-electron chi connectivity index (χ4n) is 2.16. The van der Waals surface area contributed by atoms with E-state index in [1.807, 2.05) is 0 Å². The molecule has 2 nitrogen and oxygen atoms in total. The molecule has 0 aliphatic heterocycles. The number of methoxy groups -OCH3 is 1. The van der Waals surface area contributed by atoms with Crippen LogP contribution in [0.1, 0.15) is 44.4 Å². The van der Waals surface area contributed by atoms with Gasteiger partial charge >= 0.3 is 0 Å². The van der Waals surface area contributed by atoms with Gasteiger partial charge in [-0.25, -0.2) is 0 Å². The largest absolute Gasteiger partial charge is 0.496 e. The molecule has 102 valence electrons. The van der Waals surface area contributed by atoms with Crippen LogP contribution in [0.5, 0.6) is 5.75 Å². The topological polar surface area (TPSA) is 21.3 Å². The normalized spacial score (nSPS) is 12.8. The van der Waals surface area contributed by atoms with Crippen molar-refractivity contribution >= 4 is 15.9 Å². The molecule has 0 fully saturated rings. The van der Waals surface area contributed by atoms with Gasteiger partial charge in [-0.3, -0.25) is 0 Å². The molecule has 3 heteroatoms. The lowest BCUT2D eigenvalue weighted by Crippen LogP contribution is -2.23. The van der Waals surface area contributed by atoms with E-state index >= 15 is 0 Å². The first kappa shape index (κ1) is 15.5. The van der Waals surface area contributed by atoms with Crippen molar-refractivity contribution in [3.8, 4) is 5.75 Å². The Hall–Kier alpha value is -0.540. The third kappa shape index (κ3) is 3.99. The number of ether oxygens (including phenoxy) is 1. The standard InChI is InChI=1S/C15H24BrNO/c1-6-17-14(7-10(2)3)12-9-13(16)11(4)8-15(12)18-5/h8-10,14,17H,6-7H2,1-5H3. The Bertz CT molecular complexity index is 390. The molecule has 1 unspecified atom stereocenters. The zero-order valence-corrected chi connectivity index (χ0v) is 13.6. The molecule has 0 aromatic heterocycles. The van der Waals surface area contributed by atoms with E-state index in [1.54, 1.807) is 7.11 Å². The second-order valence-electron chi connectivity index (χ2n) is 5.08. The van der Waals surface area contributed by atoms with Gasteiger partial charge in [-0.1, -0.05) is 36.7 Å². The summed E-state index contributed by atoms with van der Waals surface area (Å²) in [7, 11) is 1.74. The Morgan fingerprint density at radius 2 is 2.00 bits per heavy atom. The van der Waals surface area contributed by atoms with E-state index in [0.717, 1.165) is 23.2 Å². The van der Waals surface area contributed by atoms with Crippen LogP contribution in [0.4, 0.5) is 0 Å². The highest BCUT2D eigenvalue weighted by molar-refractivity contribution is 9.10. The van der Waals surface area contributed by atoms with Crippen molar-refractivity contribution in [3.05, 3.63) is 27.7 Å². The highest BCUT2D eigenvalue weighted by Gasteiger charge is 2.18. The number of hydrogen-bond donors (Lipinski definition) is 1. The molecule has 0 radical (unpaired) electrons. The maximum Gasteiger partial charge on any atom is 0.123 e. The van der Waals surface area contributed by atoms with Crippen LogP contribution in [0.3, 0.4) is 0 Å². The van der Waals surface area contributed by atoms with Crippen LogP contribution in [0, 0.1) is 12.8 Å². The van der Waals surface area contributed by atoms with Crippen LogP contribution in [0.2, 0.25) is 0 Å². The maximum atomic E-state index is 5.53. The molecule has 0 aliphatic carbocycles. The minimum absolute atomic E-state index is 0.349. The minimum atomic E-state index is 0.349. The summed E-state index contributed by atoms with van der Waals surface area (Å²) in [6.45, 7) is 9.69. The van der Waals surface area contributed by atoms with Crippen LogP contribution in [-0.2, 0) is 0 Å². The van der Waals surface area contributed by atoms with Crippen molar-refractivity contribution in [2.45, 2.75) is 40.2 Å². The Morgan fingerprint density at radius 1 is 1.33 bits per heavy atom. The van der Waals surface area contributed by atoms with Gasteiger partial charge < -0.3 is 10.1 Å². The summed E-state index contributed by atoms with van der Waals surface area (Å²) in [4.78, 5) is 0. The van der Waals surface area contributed by atoms with Gasteiger partial charge in [0, 0.05) is 16.1 Å². The van der Waals surface area contributed by atoms with Crippen LogP contribution < -0.4 is 10.1 Å². The summed E-state index contributed by atoms with van der Waals surface area (Å²) in [5.41, 5.74) is 2.45. The van der Waals surface area contributed by atoms with Crippen LogP contribution in [-0.4, -0.2) is 13.7 Å². The highest BCUT2D eigenvalue weighted by Crippen LogP contribution is 2.33. The van der Waals surface area contributed by atoms with Gasteiger partial charge in [-0.05, 0) is 43.5 Å². The van der Waals surface area contributed by atoms with Gasteiger partial charge in [-0.15, -0.1) is 0 Å². The average molecular weight is 314 g/mol. The fourth-order valence-corrected chi connectivity index (χ4v) is 2.52. The molecule has 1 aromatic carbocycles. The van der Waals surface area contributed by atoms with E-state index in [9.17, 15) is 0 Å². The van der Waals surface area contributed by atoms with Crippen molar-refractivity contribution in [1.82, 2.24) is 5.32 Å².